The molecule has 0 spiro atoms. The zero-order valence-electron chi connectivity index (χ0n) is 13.0. The lowest BCUT2D eigenvalue weighted by Gasteiger charge is -2.03. The van der Waals surface area contributed by atoms with E-state index in [1.54, 1.807) is 6.34 Å². The summed E-state index contributed by atoms with van der Waals surface area (Å²) in [4.78, 5) is 15.2. The van der Waals surface area contributed by atoms with Crippen molar-refractivity contribution in [3.63, 3.8) is 0 Å². The van der Waals surface area contributed by atoms with E-state index in [0.717, 1.165) is 21.8 Å². The Morgan fingerprint density at radius 3 is 2.96 bits per heavy atom. The Morgan fingerprint density at radius 1 is 1.39 bits per heavy atom. The SMILES string of the molecule is CN(C)/C=N/C1=NC(c2cc3ccccc3o2)C(=NCCO)S1. The van der Waals surface area contributed by atoms with Crippen LogP contribution in [0.15, 0.2) is 49.7 Å². The van der Waals surface area contributed by atoms with Gasteiger partial charge in [-0.05, 0) is 23.9 Å². The molecule has 1 aromatic carbocycles. The Hall–Kier alpha value is -2.12. The van der Waals surface area contributed by atoms with Crippen LogP contribution in [0, 0.1) is 0 Å². The summed E-state index contributed by atoms with van der Waals surface area (Å²) >= 11 is 1.41. The fraction of sp³-hybridized carbons (Fsp3) is 0.312. The maximum atomic E-state index is 9.03. The number of furan rings is 1. The average Bonchev–Trinajstić information content (AvgIpc) is 3.14. The predicted octanol–water partition coefficient (Wildman–Crippen LogP) is 2.56. The minimum Gasteiger partial charge on any atom is -0.458 e. The fourth-order valence-electron chi connectivity index (χ4n) is 2.17. The van der Waals surface area contributed by atoms with Crippen LogP contribution in [0.1, 0.15) is 11.8 Å². The van der Waals surface area contributed by atoms with Gasteiger partial charge in [0.2, 0.25) is 0 Å². The maximum Gasteiger partial charge on any atom is 0.191 e. The Morgan fingerprint density at radius 2 is 2.22 bits per heavy atom. The van der Waals surface area contributed by atoms with Crippen molar-refractivity contribution in [2.75, 3.05) is 27.2 Å². The van der Waals surface area contributed by atoms with Crippen molar-refractivity contribution in [1.29, 1.82) is 0 Å². The first-order valence-electron chi connectivity index (χ1n) is 7.27. The molecule has 1 aliphatic heterocycles. The monoisotopic (exact) mass is 330 g/mol. The van der Waals surface area contributed by atoms with Gasteiger partial charge < -0.3 is 14.4 Å². The van der Waals surface area contributed by atoms with Crippen LogP contribution < -0.4 is 0 Å². The lowest BCUT2D eigenvalue weighted by Crippen LogP contribution is -2.08. The summed E-state index contributed by atoms with van der Waals surface area (Å²) < 4.78 is 5.91. The lowest BCUT2D eigenvalue weighted by molar-refractivity contribution is 0.307. The minimum absolute atomic E-state index is 0.00715. The number of benzene rings is 1. The minimum atomic E-state index is -0.298. The highest BCUT2D eigenvalue weighted by Crippen LogP contribution is 2.36. The Kier molecular flexibility index (Phi) is 4.78. The second kappa shape index (κ2) is 6.97. The van der Waals surface area contributed by atoms with Crippen LogP contribution >= 0.6 is 11.8 Å². The van der Waals surface area contributed by atoms with Gasteiger partial charge in [0.25, 0.3) is 0 Å². The summed E-state index contributed by atoms with van der Waals surface area (Å²) in [6.45, 7) is 0.354. The summed E-state index contributed by atoms with van der Waals surface area (Å²) in [5.74, 6) is 0.741. The highest BCUT2D eigenvalue weighted by atomic mass is 32.2. The first-order chi connectivity index (χ1) is 11.2. The largest absolute Gasteiger partial charge is 0.458 e. The van der Waals surface area contributed by atoms with Crippen LogP contribution in [0.4, 0.5) is 0 Å². The molecule has 3 rings (SSSR count). The first-order valence-corrected chi connectivity index (χ1v) is 8.09. The van der Waals surface area contributed by atoms with E-state index in [-0.39, 0.29) is 12.6 Å². The molecule has 1 unspecified atom stereocenters. The van der Waals surface area contributed by atoms with E-state index in [1.165, 1.54) is 11.8 Å². The van der Waals surface area contributed by atoms with Gasteiger partial charge in [-0.15, -0.1) is 0 Å². The number of aliphatic imine (C=N–C) groups is 3. The highest BCUT2D eigenvalue weighted by molar-refractivity contribution is 8.27. The molecule has 1 atom stereocenters. The second-order valence-corrected chi connectivity index (χ2v) is 6.24. The predicted molar refractivity (Wildman–Crippen MR) is 95.5 cm³/mol. The number of hydrogen-bond donors (Lipinski definition) is 1. The third kappa shape index (κ3) is 3.62. The van der Waals surface area contributed by atoms with Gasteiger partial charge in [-0.25, -0.2) is 9.98 Å². The van der Waals surface area contributed by atoms with Crippen molar-refractivity contribution in [3.8, 4) is 0 Å². The molecule has 6 nitrogen and oxygen atoms in total. The van der Waals surface area contributed by atoms with E-state index < -0.39 is 0 Å². The van der Waals surface area contributed by atoms with Gasteiger partial charge in [-0.1, -0.05) is 18.2 Å². The molecule has 0 saturated heterocycles. The number of rotatable bonds is 4. The van der Waals surface area contributed by atoms with Gasteiger partial charge in [-0.2, -0.15) is 0 Å². The number of fused-ring (bicyclic) bond motifs is 1. The maximum absolute atomic E-state index is 9.03. The summed E-state index contributed by atoms with van der Waals surface area (Å²) in [5.41, 5.74) is 0.828. The van der Waals surface area contributed by atoms with E-state index >= 15 is 0 Å². The van der Waals surface area contributed by atoms with Crippen LogP contribution in [0.25, 0.3) is 11.0 Å². The number of para-hydroxylation sites is 1. The van der Waals surface area contributed by atoms with E-state index in [2.05, 4.69) is 15.0 Å². The van der Waals surface area contributed by atoms with Gasteiger partial charge in [0.1, 0.15) is 16.4 Å². The molecule has 0 amide bonds. The normalized spacial score (nSPS) is 19.9. The average molecular weight is 330 g/mol. The van der Waals surface area contributed by atoms with E-state index in [1.807, 2.05) is 49.3 Å². The van der Waals surface area contributed by atoms with E-state index in [4.69, 9.17) is 9.52 Å². The molecule has 2 aromatic rings. The molecule has 1 N–H and O–H groups in total. The summed E-state index contributed by atoms with van der Waals surface area (Å²) in [5, 5.41) is 11.5. The molecular weight excluding hydrogens is 312 g/mol. The molecular formula is C16H18N4O2S. The van der Waals surface area contributed by atoms with E-state index in [9.17, 15) is 0 Å². The van der Waals surface area contributed by atoms with Crippen LogP contribution in [0.3, 0.4) is 0 Å². The molecule has 0 radical (unpaired) electrons. The summed E-state index contributed by atoms with van der Waals surface area (Å²) in [6, 6.07) is 9.53. The molecule has 23 heavy (non-hydrogen) atoms. The standard InChI is InChI=1S/C16H18N4O2S/c1-20(2)10-18-16-19-14(15(23-16)17-7-8-21)13-9-11-5-3-4-6-12(11)22-13/h3-6,9-10,14,21H,7-8H2,1-2H3/b17-15?,18-10+. The number of aliphatic hydroxyl groups is 1. The van der Waals surface area contributed by atoms with Crippen LogP contribution in [-0.2, 0) is 0 Å². The molecule has 0 bridgehead atoms. The van der Waals surface area contributed by atoms with Gasteiger partial charge in [0.15, 0.2) is 11.2 Å². The topological polar surface area (TPSA) is 73.7 Å². The number of nitrogens with zero attached hydrogens (tertiary/aromatic N) is 4. The fourth-order valence-corrected chi connectivity index (χ4v) is 3.05. The first kappa shape index (κ1) is 15.8. The molecule has 0 aliphatic carbocycles. The summed E-state index contributed by atoms with van der Waals surface area (Å²) in [6.07, 6.45) is 1.70. The van der Waals surface area contributed by atoms with Crippen molar-refractivity contribution in [3.05, 3.63) is 36.1 Å². The molecule has 0 saturated carbocycles. The van der Waals surface area contributed by atoms with Crippen molar-refractivity contribution in [1.82, 2.24) is 4.90 Å². The van der Waals surface area contributed by atoms with Crippen molar-refractivity contribution >= 4 is 39.3 Å². The zero-order valence-corrected chi connectivity index (χ0v) is 13.8. The molecule has 0 fully saturated rings. The highest BCUT2D eigenvalue weighted by Gasteiger charge is 2.30. The third-order valence-corrected chi connectivity index (χ3v) is 4.11. The van der Waals surface area contributed by atoms with Crippen LogP contribution in [-0.4, -0.2) is 53.8 Å². The van der Waals surface area contributed by atoms with Crippen molar-refractivity contribution < 1.29 is 9.52 Å². The smallest absolute Gasteiger partial charge is 0.191 e. The van der Waals surface area contributed by atoms with Crippen molar-refractivity contribution in [2.45, 2.75) is 6.04 Å². The van der Waals surface area contributed by atoms with Crippen LogP contribution in [0.2, 0.25) is 0 Å². The number of hydrogen-bond acceptors (Lipinski definition) is 6. The molecule has 1 aromatic heterocycles. The molecule has 2 heterocycles. The molecule has 1 aliphatic rings. The van der Waals surface area contributed by atoms with Gasteiger partial charge in [0, 0.05) is 19.5 Å². The Labute approximate surface area is 138 Å². The second-order valence-electron chi connectivity index (χ2n) is 5.25. The number of aliphatic hydroxyl groups excluding tert-OH is 1. The zero-order chi connectivity index (χ0) is 16.2. The summed E-state index contributed by atoms with van der Waals surface area (Å²) in [7, 11) is 3.81. The van der Waals surface area contributed by atoms with Crippen LogP contribution in [0.5, 0.6) is 0 Å². The van der Waals surface area contributed by atoms with Crippen molar-refractivity contribution in [2.24, 2.45) is 15.0 Å². The molecule has 120 valence electrons. The molecule has 7 heteroatoms. The van der Waals surface area contributed by atoms with Gasteiger partial charge >= 0.3 is 0 Å². The van der Waals surface area contributed by atoms with Gasteiger partial charge in [0.05, 0.1) is 19.5 Å². The Balaban J connectivity index is 1.94. The van der Waals surface area contributed by atoms with Gasteiger partial charge in [-0.3, -0.25) is 4.99 Å². The lowest BCUT2D eigenvalue weighted by atomic mass is 10.2. The number of amidine groups is 1. The Bertz CT molecular complexity index is 746. The number of thioether (sulfide) groups is 1. The van der Waals surface area contributed by atoms with E-state index in [0.29, 0.717) is 11.7 Å². The third-order valence-electron chi connectivity index (χ3n) is 3.15. The quantitative estimate of drug-likeness (QED) is 0.691.